The number of amides is 2. The number of hydrogen-bond donors (Lipinski definition) is 3. The lowest BCUT2D eigenvalue weighted by Gasteiger charge is -2.10. The normalized spacial score (nSPS) is 10.3. The largest absolute Gasteiger partial charge is 0.497 e. The Morgan fingerprint density at radius 2 is 2.00 bits per heavy atom. The van der Waals surface area contributed by atoms with Gasteiger partial charge in [-0.2, -0.15) is 0 Å². The molecule has 128 valence electrons. The Balaban J connectivity index is 1.57. The number of methoxy groups -OCH3 is 1. The smallest absolute Gasteiger partial charge is 0.319 e. The van der Waals surface area contributed by atoms with Crippen molar-refractivity contribution < 1.29 is 9.53 Å². The van der Waals surface area contributed by atoms with Crippen LogP contribution in [0.5, 0.6) is 5.75 Å². The van der Waals surface area contributed by atoms with E-state index < -0.39 is 0 Å². The fourth-order valence-corrected chi connectivity index (χ4v) is 2.45. The van der Waals surface area contributed by atoms with Crippen LogP contribution in [0.15, 0.2) is 54.7 Å². The second-order valence-electron chi connectivity index (χ2n) is 5.60. The summed E-state index contributed by atoms with van der Waals surface area (Å²) in [6.45, 7) is 2.23. The van der Waals surface area contributed by atoms with E-state index in [1.54, 1.807) is 19.4 Å². The van der Waals surface area contributed by atoms with Crippen LogP contribution in [0.25, 0.3) is 11.3 Å². The van der Waals surface area contributed by atoms with Gasteiger partial charge in [0.1, 0.15) is 11.6 Å². The molecule has 0 aliphatic heterocycles. The number of urea groups is 1. The summed E-state index contributed by atoms with van der Waals surface area (Å²) in [5.41, 5.74) is 3.64. The molecule has 3 aromatic rings. The van der Waals surface area contributed by atoms with Crippen LogP contribution >= 0.6 is 0 Å². The molecule has 1 aromatic heterocycles. The van der Waals surface area contributed by atoms with E-state index in [0.29, 0.717) is 12.4 Å². The van der Waals surface area contributed by atoms with Gasteiger partial charge in [0.25, 0.3) is 0 Å². The van der Waals surface area contributed by atoms with Crippen molar-refractivity contribution in [2.24, 2.45) is 0 Å². The number of H-pyrrole nitrogens is 1. The first kappa shape index (κ1) is 16.6. The van der Waals surface area contributed by atoms with Crippen LogP contribution in [0, 0.1) is 6.92 Å². The SMILES string of the molecule is COc1ccc(NC(=O)NCc2ncc(-c3ccccc3)[nH]2)c(C)c1. The van der Waals surface area contributed by atoms with E-state index in [9.17, 15) is 4.79 Å². The lowest BCUT2D eigenvalue weighted by molar-refractivity contribution is 0.251. The van der Waals surface area contributed by atoms with Crippen LogP contribution in [0.3, 0.4) is 0 Å². The molecule has 6 nitrogen and oxygen atoms in total. The van der Waals surface area contributed by atoms with E-state index in [1.807, 2.05) is 49.4 Å². The highest BCUT2D eigenvalue weighted by Gasteiger charge is 2.07. The minimum absolute atomic E-state index is 0.286. The average Bonchev–Trinajstić information content (AvgIpc) is 3.11. The van der Waals surface area contributed by atoms with Crippen molar-refractivity contribution in [2.75, 3.05) is 12.4 Å². The van der Waals surface area contributed by atoms with Gasteiger partial charge in [0.2, 0.25) is 0 Å². The Kier molecular flexibility index (Phi) is 4.99. The molecule has 0 bridgehead atoms. The van der Waals surface area contributed by atoms with Crippen molar-refractivity contribution in [3.05, 3.63) is 66.1 Å². The Hall–Kier alpha value is -3.28. The quantitative estimate of drug-likeness (QED) is 0.664. The zero-order valence-corrected chi connectivity index (χ0v) is 14.2. The predicted octanol–water partition coefficient (Wildman–Crippen LogP) is 3.72. The van der Waals surface area contributed by atoms with Crippen LogP contribution in [0.1, 0.15) is 11.4 Å². The summed E-state index contributed by atoms with van der Waals surface area (Å²) in [6.07, 6.45) is 1.76. The van der Waals surface area contributed by atoms with Crippen LogP contribution in [0.2, 0.25) is 0 Å². The number of carbonyl (C=O) groups excluding carboxylic acids is 1. The third-order valence-corrected chi connectivity index (χ3v) is 3.81. The second kappa shape index (κ2) is 7.53. The molecule has 0 spiro atoms. The van der Waals surface area contributed by atoms with Crippen LogP contribution in [-0.4, -0.2) is 23.1 Å². The number of nitrogens with one attached hydrogen (secondary N) is 3. The highest BCUT2D eigenvalue weighted by atomic mass is 16.5. The molecule has 3 N–H and O–H groups in total. The molecule has 0 fully saturated rings. The summed E-state index contributed by atoms with van der Waals surface area (Å²) < 4.78 is 5.16. The van der Waals surface area contributed by atoms with Crippen LogP contribution < -0.4 is 15.4 Å². The molecule has 3 rings (SSSR count). The summed E-state index contributed by atoms with van der Waals surface area (Å²) >= 11 is 0. The summed E-state index contributed by atoms with van der Waals surface area (Å²) in [5.74, 6) is 1.45. The van der Waals surface area contributed by atoms with Gasteiger partial charge in [0.05, 0.1) is 25.5 Å². The third kappa shape index (κ3) is 4.17. The van der Waals surface area contributed by atoms with E-state index in [0.717, 1.165) is 28.3 Å². The molecule has 0 radical (unpaired) electrons. The van der Waals surface area contributed by atoms with Gasteiger partial charge in [0.15, 0.2) is 0 Å². The third-order valence-electron chi connectivity index (χ3n) is 3.81. The first-order chi connectivity index (χ1) is 12.2. The second-order valence-corrected chi connectivity index (χ2v) is 5.60. The molecule has 2 amide bonds. The Morgan fingerprint density at radius 1 is 1.20 bits per heavy atom. The van der Waals surface area contributed by atoms with Crippen molar-refractivity contribution in [3.8, 4) is 17.0 Å². The van der Waals surface area contributed by atoms with Crippen LogP contribution in [-0.2, 0) is 6.54 Å². The van der Waals surface area contributed by atoms with Gasteiger partial charge in [-0.15, -0.1) is 0 Å². The van der Waals surface area contributed by atoms with Gasteiger partial charge in [-0.1, -0.05) is 30.3 Å². The van der Waals surface area contributed by atoms with Gasteiger partial charge in [-0.3, -0.25) is 0 Å². The number of hydrogen-bond acceptors (Lipinski definition) is 3. The number of aryl methyl sites for hydroxylation is 1. The first-order valence-electron chi connectivity index (χ1n) is 7.94. The first-order valence-corrected chi connectivity index (χ1v) is 7.94. The zero-order chi connectivity index (χ0) is 17.6. The van der Waals surface area contributed by atoms with E-state index in [4.69, 9.17) is 4.74 Å². The van der Waals surface area contributed by atoms with Crippen molar-refractivity contribution in [1.29, 1.82) is 0 Å². The maximum Gasteiger partial charge on any atom is 0.319 e. The molecular weight excluding hydrogens is 316 g/mol. The molecule has 2 aromatic carbocycles. The standard InChI is InChI=1S/C19H20N4O2/c1-13-10-15(25-2)8-9-16(13)23-19(24)21-12-18-20-11-17(22-18)14-6-4-3-5-7-14/h3-11H,12H2,1-2H3,(H,20,22)(H2,21,23,24). The molecule has 0 atom stereocenters. The molecule has 0 saturated heterocycles. The van der Waals surface area contributed by atoms with Crippen molar-refractivity contribution in [2.45, 2.75) is 13.5 Å². The van der Waals surface area contributed by atoms with E-state index >= 15 is 0 Å². The lowest BCUT2D eigenvalue weighted by atomic mass is 10.2. The number of aromatic amines is 1. The number of carbonyl (C=O) groups is 1. The number of aromatic nitrogens is 2. The number of rotatable bonds is 5. The highest BCUT2D eigenvalue weighted by molar-refractivity contribution is 5.90. The fourth-order valence-electron chi connectivity index (χ4n) is 2.45. The van der Waals surface area contributed by atoms with Gasteiger partial charge in [0, 0.05) is 5.69 Å². The van der Waals surface area contributed by atoms with Crippen LogP contribution in [0.4, 0.5) is 10.5 Å². The fraction of sp³-hybridized carbons (Fsp3) is 0.158. The molecular formula is C19H20N4O2. The van der Waals surface area contributed by atoms with E-state index in [1.165, 1.54) is 0 Å². The number of nitrogens with zero attached hydrogens (tertiary/aromatic N) is 1. The van der Waals surface area contributed by atoms with E-state index in [2.05, 4.69) is 20.6 Å². The molecule has 0 unspecified atom stereocenters. The Bertz CT molecular complexity index is 859. The summed E-state index contributed by atoms with van der Waals surface area (Å²) in [6, 6.07) is 15.1. The number of imidazole rings is 1. The molecule has 25 heavy (non-hydrogen) atoms. The molecule has 0 saturated carbocycles. The van der Waals surface area contributed by atoms with Gasteiger partial charge in [-0.25, -0.2) is 9.78 Å². The molecule has 1 heterocycles. The maximum absolute atomic E-state index is 12.1. The topological polar surface area (TPSA) is 79.0 Å². The lowest BCUT2D eigenvalue weighted by Crippen LogP contribution is -2.28. The van der Waals surface area contributed by atoms with Crippen molar-refractivity contribution >= 4 is 11.7 Å². The number of benzene rings is 2. The molecule has 0 aliphatic rings. The van der Waals surface area contributed by atoms with Gasteiger partial charge < -0.3 is 20.4 Å². The highest BCUT2D eigenvalue weighted by Crippen LogP contribution is 2.21. The minimum atomic E-state index is -0.286. The average molecular weight is 336 g/mol. The van der Waals surface area contributed by atoms with Crippen molar-refractivity contribution in [1.82, 2.24) is 15.3 Å². The summed E-state index contributed by atoms with van der Waals surface area (Å²) in [4.78, 5) is 19.6. The zero-order valence-electron chi connectivity index (χ0n) is 14.2. The Morgan fingerprint density at radius 3 is 2.72 bits per heavy atom. The van der Waals surface area contributed by atoms with Gasteiger partial charge >= 0.3 is 6.03 Å². The maximum atomic E-state index is 12.1. The predicted molar refractivity (Wildman–Crippen MR) is 97.6 cm³/mol. The number of ether oxygens (including phenoxy) is 1. The molecule has 6 heteroatoms. The van der Waals surface area contributed by atoms with E-state index in [-0.39, 0.29) is 6.03 Å². The Labute approximate surface area is 146 Å². The number of anilines is 1. The van der Waals surface area contributed by atoms with Crippen molar-refractivity contribution in [3.63, 3.8) is 0 Å². The summed E-state index contributed by atoms with van der Waals surface area (Å²) in [5, 5.41) is 5.62. The minimum Gasteiger partial charge on any atom is -0.497 e. The molecule has 0 aliphatic carbocycles. The summed E-state index contributed by atoms with van der Waals surface area (Å²) in [7, 11) is 1.61. The monoisotopic (exact) mass is 336 g/mol. The van der Waals surface area contributed by atoms with Gasteiger partial charge in [-0.05, 0) is 36.2 Å².